The normalized spacial score (nSPS) is 14.1. The molecule has 49 heavy (non-hydrogen) atoms. The first-order valence-electron chi connectivity index (χ1n) is 16.9. The van der Waals surface area contributed by atoms with Gasteiger partial charge in [0.05, 0.1) is 17.2 Å². The number of para-hydroxylation sites is 2. The maximum absolute atomic E-state index is 14.8. The molecule has 10 heteroatoms. The summed E-state index contributed by atoms with van der Waals surface area (Å²) in [6.45, 7) is 1.72. The average Bonchev–Trinajstić information content (AvgIpc) is 3.13. The molecule has 1 saturated carbocycles. The van der Waals surface area contributed by atoms with Crippen molar-refractivity contribution in [3.05, 3.63) is 120 Å². The Morgan fingerprint density at radius 3 is 2.08 bits per heavy atom. The lowest BCUT2D eigenvalue weighted by molar-refractivity contribution is -0.140. The highest BCUT2D eigenvalue weighted by molar-refractivity contribution is 7.98. The Kier molecular flexibility index (Phi) is 12.8. The van der Waals surface area contributed by atoms with E-state index in [1.54, 1.807) is 53.4 Å². The van der Waals surface area contributed by atoms with Gasteiger partial charge < -0.3 is 15.0 Å². The summed E-state index contributed by atoms with van der Waals surface area (Å²) >= 11 is 1.51. The number of anilines is 1. The summed E-state index contributed by atoms with van der Waals surface area (Å²) in [6, 6.07) is 31.7. The van der Waals surface area contributed by atoms with Crippen molar-refractivity contribution >= 4 is 39.3 Å². The quantitative estimate of drug-likeness (QED) is 0.133. The van der Waals surface area contributed by atoms with Crippen molar-refractivity contribution in [1.29, 1.82) is 0 Å². The molecule has 1 atom stereocenters. The van der Waals surface area contributed by atoms with E-state index in [1.165, 1.54) is 11.8 Å². The van der Waals surface area contributed by atoms with E-state index in [0.717, 1.165) is 52.4 Å². The number of nitrogens with zero attached hydrogens (tertiary/aromatic N) is 2. The van der Waals surface area contributed by atoms with Crippen LogP contribution in [0.3, 0.4) is 0 Å². The zero-order chi connectivity index (χ0) is 34.6. The van der Waals surface area contributed by atoms with Crippen LogP contribution in [0.15, 0.2) is 119 Å². The van der Waals surface area contributed by atoms with Crippen LogP contribution < -0.4 is 14.4 Å². The molecule has 2 amide bonds. The van der Waals surface area contributed by atoms with Gasteiger partial charge in [-0.1, -0.05) is 92.1 Å². The summed E-state index contributed by atoms with van der Waals surface area (Å²) in [4.78, 5) is 31.6. The Bertz CT molecular complexity index is 1760. The molecule has 0 radical (unpaired) electrons. The SMILES string of the molecule is CCOc1ccccc1N(CC(=O)N(Cc1ccccc1)C(Cc1ccccc1)C(=O)NC1CCCCC1)S(=O)(=O)c1ccc(SC)cc1. The molecule has 0 saturated heterocycles. The maximum Gasteiger partial charge on any atom is 0.264 e. The number of amides is 2. The third-order valence-corrected chi connectivity index (χ3v) is 11.3. The number of rotatable bonds is 15. The highest BCUT2D eigenvalue weighted by Gasteiger charge is 2.36. The van der Waals surface area contributed by atoms with Gasteiger partial charge in [-0.15, -0.1) is 11.8 Å². The molecular weight excluding hydrogens is 655 g/mol. The first-order valence-corrected chi connectivity index (χ1v) is 19.5. The third-order valence-electron chi connectivity index (χ3n) is 8.78. The second-order valence-electron chi connectivity index (χ2n) is 12.1. The van der Waals surface area contributed by atoms with Crippen molar-refractivity contribution in [3.8, 4) is 5.75 Å². The molecule has 0 aromatic heterocycles. The first-order chi connectivity index (χ1) is 23.8. The number of hydrogen-bond donors (Lipinski definition) is 1. The van der Waals surface area contributed by atoms with Crippen LogP contribution in [-0.4, -0.2) is 56.6 Å². The van der Waals surface area contributed by atoms with Crippen LogP contribution in [0.25, 0.3) is 0 Å². The smallest absolute Gasteiger partial charge is 0.264 e. The number of ether oxygens (including phenoxy) is 1. The van der Waals surface area contributed by atoms with Gasteiger partial charge in [0.2, 0.25) is 11.8 Å². The van der Waals surface area contributed by atoms with Gasteiger partial charge in [0.25, 0.3) is 10.0 Å². The number of hydrogen-bond acceptors (Lipinski definition) is 6. The fourth-order valence-electron chi connectivity index (χ4n) is 6.21. The van der Waals surface area contributed by atoms with Gasteiger partial charge in [-0.25, -0.2) is 8.42 Å². The van der Waals surface area contributed by atoms with Gasteiger partial charge in [-0.05, 0) is 73.5 Å². The molecule has 1 aliphatic carbocycles. The van der Waals surface area contributed by atoms with Crippen LogP contribution in [0.4, 0.5) is 5.69 Å². The molecule has 1 aliphatic rings. The number of nitrogens with one attached hydrogen (secondary N) is 1. The summed E-state index contributed by atoms with van der Waals surface area (Å²) in [7, 11) is -4.25. The molecule has 258 valence electrons. The monoisotopic (exact) mass is 699 g/mol. The fourth-order valence-corrected chi connectivity index (χ4v) is 8.04. The Balaban J connectivity index is 1.58. The molecule has 0 spiro atoms. The van der Waals surface area contributed by atoms with Gasteiger partial charge >= 0.3 is 0 Å². The van der Waals surface area contributed by atoms with E-state index in [9.17, 15) is 18.0 Å². The van der Waals surface area contributed by atoms with Crippen LogP contribution in [0.5, 0.6) is 5.75 Å². The number of thioether (sulfide) groups is 1. The van der Waals surface area contributed by atoms with Crippen molar-refractivity contribution in [2.45, 2.75) is 73.9 Å². The number of sulfonamides is 1. The highest BCUT2D eigenvalue weighted by Crippen LogP contribution is 2.33. The summed E-state index contributed by atoms with van der Waals surface area (Å²) in [5.74, 6) is -0.399. The first kappa shape index (κ1) is 36.0. The predicted octanol–water partition coefficient (Wildman–Crippen LogP) is 7.09. The Hall–Kier alpha value is -4.28. The Morgan fingerprint density at radius 2 is 1.45 bits per heavy atom. The van der Waals surface area contributed by atoms with E-state index in [2.05, 4.69) is 5.32 Å². The molecule has 1 N–H and O–H groups in total. The van der Waals surface area contributed by atoms with Crippen molar-refractivity contribution in [2.75, 3.05) is 23.7 Å². The van der Waals surface area contributed by atoms with E-state index in [-0.39, 0.29) is 35.5 Å². The predicted molar refractivity (Wildman–Crippen MR) is 196 cm³/mol. The summed E-state index contributed by atoms with van der Waals surface area (Å²) in [6.07, 6.45) is 7.22. The molecule has 4 aromatic rings. The zero-order valence-corrected chi connectivity index (χ0v) is 29.8. The topological polar surface area (TPSA) is 96.0 Å². The van der Waals surface area contributed by atoms with E-state index in [1.807, 2.05) is 73.8 Å². The van der Waals surface area contributed by atoms with Crippen LogP contribution >= 0.6 is 11.8 Å². The van der Waals surface area contributed by atoms with Gasteiger partial charge in [0.15, 0.2) is 0 Å². The number of benzene rings is 4. The Labute approximate surface area is 294 Å². The summed E-state index contributed by atoms with van der Waals surface area (Å²) in [5, 5.41) is 3.25. The minimum Gasteiger partial charge on any atom is -0.492 e. The molecule has 0 bridgehead atoms. The molecule has 8 nitrogen and oxygen atoms in total. The zero-order valence-electron chi connectivity index (χ0n) is 28.2. The van der Waals surface area contributed by atoms with Crippen molar-refractivity contribution < 1.29 is 22.7 Å². The standard InChI is InChI=1S/C39H45N3O5S2/c1-3-47-37-22-14-13-21-35(37)42(49(45,46)34-25-23-33(48-2)24-26-34)29-38(43)41(28-31-17-9-5-10-18-31)36(27-30-15-7-4-8-16-30)39(44)40-32-19-11-6-12-20-32/h4-5,7-10,13-18,21-26,32,36H,3,6,11-12,19-20,27-29H2,1-2H3,(H,40,44). The van der Waals surface area contributed by atoms with Gasteiger partial charge in [0, 0.05) is 23.9 Å². The minimum absolute atomic E-state index is 0.0346. The van der Waals surface area contributed by atoms with Crippen LogP contribution in [0, 0.1) is 0 Å². The molecule has 0 heterocycles. The number of carbonyl (C=O) groups is 2. The third kappa shape index (κ3) is 9.45. The molecule has 1 fully saturated rings. The molecular formula is C39H45N3O5S2. The van der Waals surface area contributed by atoms with E-state index < -0.39 is 28.5 Å². The highest BCUT2D eigenvalue weighted by atomic mass is 32.2. The number of carbonyl (C=O) groups excluding carboxylic acids is 2. The molecule has 5 rings (SSSR count). The van der Waals surface area contributed by atoms with E-state index in [0.29, 0.717) is 12.4 Å². The van der Waals surface area contributed by atoms with Crippen LogP contribution in [0.2, 0.25) is 0 Å². The van der Waals surface area contributed by atoms with Gasteiger partial charge in [-0.3, -0.25) is 13.9 Å². The fraction of sp³-hybridized carbons (Fsp3) is 0.333. The van der Waals surface area contributed by atoms with Crippen molar-refractivity contribution in [1.82, 2.24) is 10.2 Å². The van der Waals surface area contributed by atoms with E-state index >= 15 is 0 Å². The van der Waals surface area contributed by atoms with Crippen LogP contribution in [-0.2, 0) is 32.6 Å². The van der Waals surface area contributed by atoms with Crippen molar-refractivity contribution in [3.63, 3.8) is 0 Å². The molecule has 4 aromatic carbocycles. The minimum atomic E-state index is -4.25. The summed E-state index contributed by atoms with van der Waals surface area (Å²) in [5.41, 5.74) is 1.98. The lowest BCUT2D eigenvalue weighted by atomic mass is 9.94. The lowest BCUT2D eigenvalue weighted by Gasteiger charge is -2.35. The average molecular weight is 700 g/mol. The second-order valence-corrected chi connectivity index (χ2v) is 14.9. The Morgan fingerprint density at radius 1 is 0.837 bits per heavy atom. The van der Waals surface area contributed by atoms with Crippen LogP contribution in [0.1, 0.15) is 50.2 Å². The summed E-state index contributed by atoms with van der Waals surface area (Å²) < 4.78 is 35.9. The maximum atomic E-state index is 14.8. The van der Waals surface area contributed by atoms with Crippen molar-refractivity contribution in [2.24, 2.45) is 0 Å². The second kappa shape index (κ2) is 17.4. The molecule has 0 aliphatic heterocycles. The lowest BCUT2D eigenvalue weighted by Crippen LogP contribution is -2.55. The molecule has 1 unspecified atom stereocenters. The van der Waals surface area contributed by atoms with Gasteiger partial charge in [-0.2, -0.15) is 0 Å². The largest absolute Gasteiger partial charge is 0.492 e. The van der Waals surface area contributed by atoms with E-state index in [4.69, 9.17) is 4.74 Å². The van der Waals surface area contributed by atoms with Gasteiger partial charge in [0.1, 0.15) is 18.3 Å².